The van der Waals surface area contributed by atoms with E-state index < -0.39 is 18.3 Å². The maximum Gasteiger partial charge on any atom is 0.374 e. The van der Waals surface area contributed by atoms with E-state index in [2.05, 4.69) is 0 Å². The highest BCUT2D eigenvalue weighted by molar-refractivity contribution is 5.75. The lowest BCUT2D eigenvalue weighted by molar-refractivity contribution is -0.165. The molecular weight excluding hydrogens is 242 g/mol. The largest absolute Gasteiger partial charge is 0.493 e. The first-order valence-corrected chi connectivity index (χ1v) is 5.85. The molecule has 1 N–H and O–H groups in total. The Balaban J connectivity index is 2.04. The SMILES string of the molecule is O=C(O)C(F)(F)CCc1ccc2c(c1)CCCO2. The normalized spacial score (nSPS) is 14.8. The standard InChI is InChI=1S/C13H14F2O3/c14-13(15,12(16)17)6-5-9-3-4-11-10(8-9)2-1-7-18-11/h3-4,8H,1-2,5-7H2,(H,16,17). The highest BCUT2D eigenvalue weighted by atomic mass is 19.3. The molecule has 0 radical (unpaired) electrons. The van der Waals surface area contributed by atoms with Crippen LogP contribution >= 0.6 is 0 Å². The highest BCUT2D eigenvalue weighted by Gasteiger charge is 2.37. The third-order valence-corrected chi connectivity index (χ3v) is 3.01. The first kappa shape index (κ1) is 12.8. The molecule has 3 nitrogen and oxygen atoms in total. The zero-order chi connectivity index (χ0) is 13.2. The van der Waals surface area contributed by atoms with Gasteiger partial charge in [0.05, 0.1) is 6.61 Å². The summed E-state index contributed by atoms with van der Waals surface area (Å²) in [6.45, 7) is 0.684. The Morgan fingerprint density at radius 1 is 1.44 bits per heavy atom. The molecule has 0 spiro atoms. The number of carbonyl (C=O) groups is 1. The quantitative estimate of drug-likeness (QED) is 0.900. The number of hydrogen-bond donors (Lipinski definition) is 1. The number of benzene rings is 1. The van der Waals surface area contributed by atoms with Crippen LogP contribution in [0.5, 0.6) is 5.75 Å². The molecule has 5 heteroatoms. The smallest absolute Gasteiger partial charge is 0.374 e. The van der Waals surface area contributed by atoms with Crippen molar-refractivity contribution >= 4 is 5.97 Å². The average molecular weight is 256 g/mol. The molecule has 0 saturated heterocycles. The molecule has 0 aliphatic carbocycles. The predicted octanol–water partition coefficient (Wildman–Crippen LogP) is 2.66. The van der Waals surface area contributed by atoms with E-state index in [4.69, 9.17) is 9.84 Å². The number of rotatable bonds is 4. The summed E-state index contributed by atoms with van der Waals surface area (Å²) in [5.41, 5.74) is 1.73. The molecule has 0 bridgehead atoms. The summed E-state index contributed by atoms with van der Waals surface area (Å²) in [5.74, 6) is -4.93. The van der Waals surface area contributed by atoms with Crippen molar-refractivity contribution in [2.45, 2.75) is 31.6 Å². The fraction of sp³-hybridized carbons (Fsp3) is 0.462. The molecule has 1 aliphatic rings. The van der Waals surface area contributed by atoms with Gasteiger partial charge >= 0.3 is 11.9 Å². The van der Waals surface area contributed by atoms with Gasteiger partial charge in [-0.15, -0.1) is 0 Å². The second-order valence-electron chi connectivity index (χ2n) is 4.40. The molecule has 18 heavy (non-hydrogen) atoms. The van der Waals surface area contributed by atoms with Crippen molar-refractivity contribution in [2.24, 2.45) is 0 Å². The molecule has 1 heterocycles. The van der Waals surface area contributed by atoms with E-state index in [1.165, 1.54) is 0 Å². The van der Waals surface area contributed by atoms with Crippen LogP contribution in [0.25, 0.3) is 0 Å². The van der Waals surface area contributed by atoms with Gasteiger partial charge in [0.1, 0.15) is 5.75 Å². The Morgan fingerprint density at radius 2 is 2.22 bits per heavy atom. The summed E-state index contributed by atoms with van der Waals surface area (Å²) < 4.78 is 31.3. The molecule has 0 fully saturated rings. The maximum atomic E-state index is 12.9. The number of halogens is 2. The topological polar surface area (TPSA) is 46.5 Å². The van der Waals surface area contributed by atoms with Gasteiger partial charge in [0.25, 0.3) is 0 Å². The Hall–Kier alpha value is -1.65. The van der Waals surface area contributed by atoms with Gasteiger partial charge in [-0.3, -0.25) is 0 Å². The molecule has 1 aromatic carbocycles. The van der Waals surface area contributed by atoms with Gasteiger partial charge in [-0.25, -0.2) is 4.79 Å². The van der Waals surface area contributed by atoms with E-state index in [1.54, 1.807) is 12.1 Å². The Bertz CT molecular complexity index is 458. The van der Waals surface area contributed by atoms with Crippen molar-refractivity contribution in [3.63, 3.8) is 0 Å². The molecule has 0 atom stereocenters. The van der Waals surface area contributed by atoms with Gasteiger partial charge in [-0.2, -0.15) is 8.78 Å². The van der Waals surface area contributed by atoms with Crippen molar-refractivity contribution in [3.8, 4) is 5.75 Å². The van der Waals surface area contributed by atoms with Crippen LogP contribution in [-0.2, 0) is 17.6 Å². The number of carboxylic acids is 1. The number of ether oxygens (including phenoxy) is 1. The average Bonchev–Trinajstić information content (AvgIpc) is 2.36. The molecular formula is C13H14F2O3. The van der Waals surface area contributed by atoms with Crippen LogP contribution in [0.1, 0.15) is 24.0 Å². The van der Waals surface area contributed by atoms with Gasteiger partial charge in [-0.05, 0) is 36.5 Å². The van der Waals surface area contributed by atoms with Gasteiger partial charge in [-0.1, -0.05) is 12.1 Å². The number of alkyl halides is 2. The van der Waals surface area contributed by atoms with E-state index in [0.29, 0.717) is 6.61 Å². The minimum Gasteiger partial charge on any atom is -0.493 e. The van der Waals surface area contributed by atoms with Crippen molar-refractivity contribution in [1.29, 1.82) is 0 Å². The maximum absolute atomic E-state index is 12.9. The van der Waals surface area contributed by atoms with Gasteiger partial charge in [0.2, 0.25) is 0 Å². The molecule has 98 valence electrons. The van der Waals surface area contributed by atoms with E-state index in [-0.39, 0.29) is 6.42 Å². The second-order valence-corrected chi connectivity index (χ2v) is 4.40. The lowest BCUT2D eigenvalue weighted by atomic mass is 9.99. The number of fused-ring (bicyclic) bond motifs is 1. The van der Waals surface area contributed by atoms with Crippen molar-refractivity contribution in [1.82, 2.24) is 0 Å². The highest BCUT2D eigenvalue weighted by Crippen LogP contribution is 2.27. The second kappa shape index (κ2) is 4.92. The molecule has 1 aliphatic heterocycles. The van der Waals surface area contributed by atoms with Crippen LogP contribution in [0.4, 0.5) is 8.78 Å². The lowest BCUT2D eigenvalue weighted by Gasteiger charge is -2.18. The summed E-state index contributed by atoms with van der Waals surface area (Å²) in [4.78, 5) is 10.3. The zero-order valence-electron chi connectivity index (χ0n) is 9.79. The van der Waals surface area contributed by atoms with Crippen LogP contribution < -0.4 is 4.74 Å². The van der Waals surface area contributed by atoms with Crippen LogP contribution in [0.3, 0.4) is 0 Å². The number of aliphatic carboxylic acids is 1. The summed E-state index contributed by atoms with van der Waals surface area (Å²) in [5, 5.41) is 8.34. The van der Waals surface area contributed by atoms with Crippen molar-refractivity contribution < 1.29 is 23.4 Å². The van der Waals surface area contributed by atoms with E-state index in [9.17, 15) is 13.6 Å². The fourth-order valence-electron chi connectivity index (χ4n) is 1.98. The van der Waals surface area contributed by atoms with Crippen LogP contribution in [0.15, 0.2) is 18.2 Å². The minimum absolute atomic E-state index is 0.0482. The van der Waals surface area contributed by atoms with Crippen LogP contribution in [-0.4, -0.2) is 23.6 Å². The fourth-order valence-corrected chi connectivity index (χ4v) is 1.98. The first-order valence-electron chi connectivity index (χ1n) is 5.85. The molecule has 0 aromatic heterocycles. The zero-order valence-corrected chi connectivity index (χ0v) is 9.79. The third-order valence-electron chi connectivity index (χ3n) is 3.01. The van der Waals surface area contributed by atoms with Crippen LogP contribution in [0.2, 0.25) is 0 Å². The number of aryl methyl sites for hydroxylation is 2. The Kier molecular flexibility index (Phi) is 3.50. The molecule has 0 unspecified atom stereocenters. The van der Waals surface area contributed by atoms with Gasteiger partial charge in [0, 0.05) is 6.42 Å². The lowest BCUT2D eigenvalue weighted by Crippen LogP contribution is -2.28. The minimum atomic E-state index is -3.66. The number of hydrogen-bond acceptors (Lipinski definition) is 2. The molecule has 2 rings (SSSR count). The summed E-state index contributed by atoms with van der Waals surface area (Å²) in [7, 11) is 0. The van der Waals surface area contributed by atoms with Crippen molar-refractivity contribution in [3.05, 3.63) is 29.3 Å². The Morgan fingerprint density at radius 3 is 2.94 bits per heavy atom. The number of carboxylic acid groups (broad SMARTS) is 1. The summed E-state index contributed by atoms with van der Waals surface area (Å²) in [6.07, 6.45) is 1.16. The molecule has 0 amide bonds. The van der Waals surface area contributed by atoms with Crippen LogP contribution in [0, 0.1) is 0 Å². The van der Waals surface area contributed by atoms with Gasteiger partial charge in [0.15, 0.2) is 0 Å². The summed E-state index contributed by atoms with van der Waals surface area (Å²) in [6, 6.07) is 5.30. The molecule has 1 aromatic rings. The monoisotopic (exact) mass is 256 g/mol. The summed E-state index contributed by atoms with van der Waals surface area (Å²) >= 11 is 0. The third kappa shape index (κ3) is 2.78. The van der Waals surface area contributed by atoms with E-state index in [0.717, 1.165) is 29.7 Å². The predicted molar refractivity (Wildman–Crippen MR) is 61.2 cm³/mol. The van der Waals surface area contributed by atoms with E-state index >= 15 is 0 Å². The first-order chi connectivity index (χ1) is 8.49. The van der Waals surface area contributed by atoms with Crippen molar-refractivity contribution in [2.75, 3.05) is 6.61 Å². The van der Waals surface area contributed by atoms with E-state index in [1.807, 2.05) is 6.07 Å². The Labute approximate surface area is 103 Å². The van der Waals surface area contributed by atoms with Gasteiger partial charge < -0.3 is 9.84 Å². The molecule has 0 saturated carbocycles.